The summed E-state index contributed by atoms with van der Waals surface area (Å²) < 4.78 is 7.22. The van der Waals surface area contributed by atoms with Crippen molar-refractivity contribution in [1.29, 1.82) is 0 Å². The molecule has 2 aromatic rings. The normalized spacial score (nSPS) is 21.0. The van der Waals surface area contributed by atoms with Crippen LogP contribution in [0.15, 0.2) is 24.5 Å². The van der Waals surface area contributed by atoms with Gasteiger partial charge in [-0.05, 0) is 31.4 Å². The fourth-order valence-electron chi connectivity index (χ4n) is 3.11. The van der Waals surface area contributed by atoms with Crippen LogP contribution >= 0.6 is 0 Å². The van der Waals surface area contributed by atoms with Gasteiger partial charge in [-0.2, -0.15) is 5.10 Å². The van der Waals surface area contributed by atoms with Gasteiger partial charge in [0, 0.05) is 32.0 Å². The molecule has 1 saturated heterocycles. The molecule has 1 N–H and O–H groups in total. The largest absolute Gasteiger partial charge is 0.377 e. The summed E-state index contributed by atoms with van der Waals surface area (Å²) in [5.41, 5.74) is 0.429. The highest BCUT2D eigenvalue weighted by molar-refractivity contribution is 5.92. The van der Waals surface area contributed by atoms with Crippen molar-refractivity contribution >= 4 is 11.7 Å². The van der Waals surface area contributed by atoms with Crippen molar-refractivity contribution in [2.45, 2.75) is 31.3 Å². The predicted molar refractivity (Wildman–Crippen MR) is 91.1 cm³/mol. The predicted octanol–water partition coefficient (Wildman–Crippen LogP) is 1.39. The van der Waals surface area contributed by atoms with E-state index in [1.165, 1.54) is 19.3 Å². The molecule has 2 fully saturated rings. The minimum Gasteiger partial charge on any atom is -0.377 e. The molecule has 1 atom stereocenters. The first-order valence-corrected chi connectivity index (χ1v) is 8.68. The summed E-state index contributed by atoms with van der Waals surface area (Å²) in [6.45, 7) is 1.41. The maximum atomic E-state index is 12.8. The van der Waals surface area contributed by atoms with Gasteiger partial charge in [-0.3, -0.25) is 9.48 Å². The molecule has 1 aliphatic heterocycles. The molecule has 8 heteroatoms. The molecular formula is C17H22N6O2. The van der Waals surface area contributed by atoms with Crippen LogP contribution in [-0.2, 0) is 11.8 Å². The molecule has 132 valence electrons. The number of amides is 1. The minimum atomic E-state index is -0.300. The fraction of sp³-hybridized carbons (Fsp3) is 0.529. The van der Waals surface area contributed by atoms with Gasteiger partial charge in [0.15, 0.2) is 5.82 Å². The van der Waals surface area contributed by atoms with Crippen LogP contribution in [0.5, 0.6) is 0 Å². The molecule has 1 aliphatic carbocycles. The Hall–Kier alpha value is -2.48. The van der Waals surface area contributed by atoms with E-state index in [-0.39, 0.29) is 11.9 Å². The molecule has 1 saturated carbocycles. The number of nitrogens with one attached hydrogen (secondary N) is 1. The van der Waals surface area contributed by atoms with Gasteiger partial charge < -0.3 is 15.0 Å². The fourth-order valence-corrected chi connectivity index (χ4v) is 3.11. The van der Waals surface area contributed by atoms with Crippen LogP contribution in [0, 0.1) is 0 Å². The van der Waals surface area contributed by atoms with Crippen molar-refractivity contribution < 1.29 is 9.53 Å². The van der Waals surface area contributed by atoms with Crippen molar-refractivity contribution in [3.8, 4) is 0 Å². The first-order chi connectivity index (χ1) is 12.2. The summed E-state index contributed by atoms with van der Waals surface area (Å²) in [7, 11) is 1.80. The van der Waals surface area contributed by atoms with Crippen LogP contribution < -0.4 is 5.32 Å². The second-order valence-electron chi connectivity index (χ2n) is 6.54. The van der Waals surface area contributed by atoms with Crippen LogP contribution in [0.25, 0.3) is 0 Å². The number of morpholine rings is 1. The highest BCUT2D eigenvalue weighted by Crippen LogP contribution is 2.26. The Bertz CT molecular complexity index is 757. The lowest BCUT2D eigenvalue weighted by Gasteiger charge is -2.34. The van der Waals surface area contributed by atoms with Crippen molar-refractivity contribution in [3.63, 3.8) is 0 Å². The molecule has 0 unspecified atom stereocenters. The zero-order valence-electron chi connectivity index (χ0n) is 14.3. The second-order valence-corrected chi connectivity index (χ2v) is 6.54. The van der Waals surface area contributed by atoms with E-state index in [9.17, 15) is 4.79 Å². The van der Waals surface area contributed by atoms with E-state index in [2.05, 4.69) is 20.4 Å². The lowest BCUT2D eigenvalue weighted by Crippen LogP contribution is -2.44. The summed E-state index contributed by atoms with van der Waals surface area (Å²) >= 11 is 0. The Labute approximate surface area is 146 Å². The topological polar surface area (TPSA) is 85.2 Å². The van der Waals surface area contributed by atoms with Gasteiger partial charge in [0.2, 0.25) is 0 Å². The molecule has 3 heterocycles. The van der Waals surface area contributed by atoms with Gasteiger partial charge in [-0.25, -0.2) is 9.97 Å². The summed E-state index contributed by atoms with van der Waals surface area (Å²) in [5.74, 6) is 1.30. The number of aromatic nitrogens is 4. The number of hydrogen-bond donors (Lipinski definition) is 1. The van der Waals surface area contributed by atoms with E-state index in [1.807, 2.05) is 6.07 Å². The van der Waals surface area contributed by atoms with E-state index in [0.717, 1.165) is 5.82 Å². The second kappa shape index (κ2) is 6.79. The summed E-state index contributed by atoms with van der Waals surface area (Å²) in [6, 6.07) is 3.80. The monoisotopic (exact) mass is 342 g/mol. The number of carbonyl (C=O) groups excluding carboxylic acids is 1. The van der Waals surface area contributed by atoms with E-state index < -0.39 is 0 Å². The van der Waals surface area contributed by atoms with E-state index in [0.29, 0.717) is 37.3 Å². The molecule has 0 radical (unpaired) electrons. The average molecular weight is 342 g/mol. The molecule has 2 aliphatic rings. The Morgan fingerprint density at radius 2 is 2.24 bits per heavy atom. The Morgan fingerprint density at radius 3 is 2.96 bits per heavy atom. The molecule has 4 rings (SSSR count). The zero-order chi connectivity index (χ0) is 17.2. The highest BCUT2D eigenvalue weighted by Gasteiger charge is 2.32. The summed E-state index contributed by atoms with van der Waals surface area (Å²) in [4.78, 5) is 23.6. The molecule has 0 bridgehead atoms. The van der Waals surface area contributed by atoms with Gasteiger partial charge in [0.1, 0.15) is 17.6 Å². The van der Waals surface area contributed by atoms with Crippen LogP contribution in [0.1, 0.15) is 41.6 Å². The van der Waals surface area contributed by atoms with Crippen LogP contribution in [0.4, 0.5) is 5.82 Å². The number of carbonyl (C=O) groups is 1. The summed E-state index contributed by atoms with van der Waals surface area (Å²) in [5, 5.41) is 7.65. The maximum Gasteiger partial charge on any atom is 0.275 e. The van der Waals surface area contributed by atoms with Crippen LogP contribution in [0.2, 0.25) is 0 Å². The van der Waals surface area contributed by atoms with Gasteiger partial charge in [0.25, 0.3) is 5.91 Å². The quantitative estimate of drug-likeness (QED) is 0.904. The molecular weight excluding hydrogens is 320 g/mol. The zero-order valence-corrected chi connectivity index (χ0v) is 14.3. The third-order valence-corrected chi connectivity index (χ3v) is 4.75. The molecule has 1 amide bonds. The van der Waals surface area contributed by atoms with E-state index in [4.69, 9.17) is 4.74 Å². The van der Waals surface area contributed by atoms with Gasteiger partial charge in [0.05, 0.1) is 13.2 Å². The summed E-state index contributed by atoms with van der Waals surface area (Å²) in [6.07, 6.45) is 7.12. The SMILES string of the molecule is Cn1ccc(C(=O)N2CCOC[C@H]2c2nccc(NC3CCC3)n2)n1. The van der Waals surface area contributed by atoms with Crippen LogP contribution in [-0.4, -0.2) is 56.4 Å². The Morgan fingerprint density at radius 1 is 1.36 bits per heavy atom. The lowest BCUT2D eigenvalue weighted by atomic mass is 9.93. The molecule has 0 aromatic carbocycles. The van der Waals surface area contributed by atoms with E-state index in [1.54, 1.807) is 35.1 Å². The molecule has 0 spiro atoms. The first-order valence-electron chi connectivity index (χ1n) is 8.68. The van der Waals surface area contributed by atoms with Gasteiger partial charge in [-0.15, -0.1) is 0 Å². The lowest BCUT2D eigenvalue weighted by molar-refractivity contribution is -0.00553. The first kappa shape index (κ1) is 16.0. The van der Waals surface area contributed by atoms with Crippen molar-refractivity contribution in [2.75, 3.05) is 25.1 Å². The maximum absolute atomic E-state index is 12.8. The third kappa shape index (κ3) is 3.34. The van der Waals surface area contributed by atoms with E-state index >= 15 is 0 Å². The molecule has 2 aromatic heterocycles. The van der Waals surface area contributed by atoms with Gasteiger partial charge >= 0.3 is 0 Å². The minimum absolute atomic E-state index is 0.116. The molecule has 25 heavy (non-hydrogen) atoms. The van der Waals surface area contributed by atoms with Crippen molar-refractivity contribution in [1.82, 2.24) is 24.6 Å². The Kier molecular flexibility index (Phi) is 4.35. The van der Waals surface area contributed by atoms with Gasteiger partial charge in [-0.1, -0.05) is 0 Å². The highest BCUT2D eigenvalue weighted by atomic mass is 16.5. The van der Waals surface area contributed by atoms with Crippen molar-refractivity contribution in [3.05, 3.63) is 36.0 Å². The molecule has 8 nitrogen and oxygen atoms in total. The van der Waals surface area contributed by atoms with Crippen LogP contribution in [0.3, 0.4) is 0 Å². The number of rotatable bonds is 4. The smallest absolute Gasteiger partial charge is 0.275 e. The third-order valence-electron chi connectivity index (χ3n) is 4.75. The van der Waals surface area contributed by atoms with Crippen molar-refractivity contribution in [2.24, 2.45) is 7.05 Å². The number of ether oxygens (including phenoxy) is 1. The number of anilines is 1. The standard InChI is InChI=1S/C17H22N6O2/c1-22-8-6-13(21-22)17(24)23-9-10-25-11-14(23)16-18-7-5-15(20-16)19-12-3-2-4-12/h5-8,12,14H,2-4,9-11H2,1H3,(H,18,19,20)/t14-/m0/s1. The number of aryl methyl sites for hydroxylation is 1. The Balaban J connectivity index is 1.56. The number of nitrogens with zero attached hydrogens (tertiary/aromatic N) is 5. The average Bonchev–Trinajstić information content (AvgIpc) is 3.04. The number of hydrogen-bond acceptors (Lipinski definition) is 6.